The van der Waals surface area contributed by atoms with Crippen LogP contribution in [-0.2, 0) is 4.79 Å². The quantitative estimate of drug-likeness (QED) is 0.562. The van der Waals surface area contributed by atoms with Gasteiger partial charge < -0.3 is 5.11 Å². The van der Waals surface area contributed by atoms with Gasteiger partial charge in [-0.3, -0.25) is 4.79 Å². The van der Waals surface area contributed by atoms with Gasteiger partial charge in [-0.15, -0.1) is 0 Å². The fourth-order valence-corrected chi connectivity index (χ4v) is 0.885. The molecule has 0 heterocycles. The summed E-state index contributed by atoms with van der Waals surface area (Å²) >= 11 is 5.20. The third kappa shape index (κ3) is 1.86. The van der Waals surface area contributed by atoms with Gasteiger partial charge in [0.2, 0.25) is 0 Å². The Hall–Kier alpha value is -1.28. The molecule has 62 valence electrons. The molecule has 0 radical (unpaired) electrons. The average molecular weight is 183 g/mol. The molecule has 0 amide bonds. The van der Waals surface area contributed by atoms with Crippen LogP contribution in [0.1, 0.15) is 5.56 Å². The Bertz CT molecular complexity index is 314. The fourth-order valence-electron chi connectivity index (χ4n) is 0.776. The van der Waals surface area contributed by atoms with Crippen LogP contribution in [0.4, 0.5) is 0 Å². The Morgan fingerprint density at radius 3 is 2.25 bits per heavy atom. The Morgan fingerprint density at radius 2 is 1.83 bits per heavy atom. The van der Waals surface area contributed by atoms with E-state index in [1.54, 1.807) is 12.1 Å². The van der Waals surface area contributed by atoms with Crippen LogP contribution >= 0.6 is 11.6 Å². The van der Waals surface area contributed by atoms with Crippen LogP contribution in [0.3, 0.4) is 0 Å². The van der Waals surface area contributed by atoms with Gasteiger partial charge in [-0.1, -0.05) is 18.7 Å². The number of hydrogen-bond acceptors (Lipinski definition) is 2. The van der Waals surface area contributed by atoms with Crippen LogP contribution < -0.4 is 0 Å². The monoisotopic (exact) mass is 182 g/mol. The van der Waals surface area contributed by atoms with Crippen molar-refractivity contribution in [3.05, 3.63) is 36.4 Å². The van der Waals surface area contributed by atoms with Crippen molar-refractivity contribution in [2.75, 3.05) is 0 Å². The number of phenolic OH excluding ortho intramolecular Hbond substituents is 1. The van der Waals surface area contributed by atoms with E-state index < -0.39 is 5.24 Å². The number of aromatic hydroxyl groups is 1. The zero-order chi connectivity index (χ0) is 9.14. The van der Waals surface area contributed by atoms with Crippen molar-refractivity contribution in [2.45, 2.75) is 0 Å². The molecule has 1 N–H and O–H groups in total. The number of phenols is 1. The van der Waals surface area contributed by atoms with E-state index in [-0.39, 0.29) is 11.3 Å². The smallest absolute Gasteiger partial charge is 0.252 e. The highest BCUT2D eigenvalue weighted by Crippen LogP contribution is 2.17. The highest BCUT2D eigenvalue weighted by Gasteiger charge is 2.04. The summed E-state index contributed by atoms with van der Waals surface area (Å²) in [6.07, 6.45) is 0. The normalized spacial score (nSPS) is 9.42. The molecule has 1 aromatic rings. The lowest BCUT2D eigenvalue weighted by Crippen LogP contribution is -1.89. The topological polar surface area (TPSA) is 37.3 Å². The largest absolute Gasteiger partial charge is 0.508 e. The summed E-state index contributed by atoms with van der Waals surface area (Å²) < 4.78 is 0. The fraction of sp³-hybridized carbons (Fsp3) is 0. The maximum absolute atomic E-state index is 10.6. The molecule has 0 aliphatic carbocycles. The van der Waals surface area contributed by atoms with Crippen LogP contribution in [0.2, 0.25) is 0 Å². The minimum Gasteiger partial charge on any atom is -0.508 e. The Kier molecular flexibility index (Phi) is 2.51. The second kappa shape index (κ2) is 3.41. The SMILES string of the molecule is C=C(C(=O)Cl)c1ccc(O)cc1. The summed E-state index contributed by atoms with van der Waals surface area (Å²) in [5.74, 6) is 0.147. The first-order valence-corrected chi connectivity index (χ1v) is 3.67. The maximum Gasteiger partial charge on any atom is 0.252 e. The number of rotatable bonds is 2. The molecule has 3 heteroatoms. The summed E-state index contributed by atoms with van der Waals surface area (Å²) in [7, 11) is 0. The predicted molar refractivity (Wildman–Crippen MR) is 48.0 cm³/mol. The second-order valence-electron chi connectivity index (χ2n) is 2.30. The first kappa shape index (κ1) is 8.81. The van der Waals surface area contributed by atoms with Crippen LogP contribution in [0.15, 0.2) is 30.8 Å². The highest BCUT2D eigenvalue weighted by molar-refractivity contribution is 6.74. The highest BCUT2D eigenvalue weighted by atomic mass is 35.5. The summed E-state index contributed by atoms with van der Waals surface area (Å²) in [4.78, 5) is 10.6. The molecular weight excluding hydrogens is 176 g/mol. The van der Waals surface area contributed by atoms with Gasteiger partial charge in [-0.2, -0.15) is 0 Å². The molecule has 0 atom stereocenters. The standard InChI is InChI=1S/C9H7ClO2/c1-6(9(10)12)7-2-4-8(11)5-3-7/h2-5,11H,1H2. The first-order valence-electron chi connectivity index (χ1n) is 3.29. The van der Waals surface area contributed by atoms with E-state index in [1.807, 2.05) is 0 Å². The van der Waals surface area contributed by atoms with E-state index >= 15 is 0 Å². The molecule has 0 unspecified atom stereocenters. The van der Waals surface area contributed by atoms with Crippen molar-refractivity contribution in [2.24, 2.45) is 0 Å². The van der Waals surface area contributed by atoms with Gasteiger partial charge in [0.15, 0.2) is 0 Å². The number of hydrogen-bond donors (Lipinski definition) is 1. The molecule has 0 spiro atoms. The predicted octanol–water partition coefficient (Wildman–Crippen LogP) is 2.17. The number of carbonyl (C=O) groups excluding carboxylic acids is 1. The van der Waals surface area contributed by atoms with Gasteiger partial charge in [0.1, 0.15) is 5.75 Å². The first-order chi connectivity index (χ1) is 5.61. The molecule has 1 rings (SSSR count). The average Bonchev–Trinajstić information content (AvgIpc) is 2.04. The van der Waals surface area contributed by atoms with E-state index in [2.05, 4.69) is 6.58 Å². The van der Waals surface area contributed by atoms with Gasteiger partial charge in [-0.25, -0.2) is 0 Å². The second-order valence-corrected chi connectivity index (χ2v) is 2.64. The number of halogens is 1. The molecule has 1 aromatic carbocycles. The van der Waals surface area contributed by atoms with Crippen LogP contribution in [0, 0.1) is 0 Å². The van der Waals surface area contributed by atoms with E-state index in [4.69, 9.17) is 16.7 Å². The van der Waals surface area contributed by atoms with E-state index in [0.717, 1.165) is 0 Å². The van der Waals surface area contributed by atoms with Crippen LogP contribution in [-0.4, -0.2) is 10.3 Å². The van der Waals surface area contributed by atoms with Gasteiger partial charge in [-0.05, 0) is 29.3 Å². The van der Waals surface area contributed by atoms with Crippen LogP contribution in [0.25, 0.3) is 5.57 Å². The van der Waals surface area contributed by atoms with E-state index in [9.17, 15) is 4.79 Å². The third-order valence-corrected chi connectivity index (χ3v) is 1.68. The summed E-state index contributed by atoms with van der Waals surface area (Å²) in [5, 5.41) is 8.35. The molecule has 0 saturated heterocycles. The van der Waals surface area contributed by atoms with Gasteiger partial charge in [0.05, 0.1) is 0 Å². The van der Waals surface area contributed by atoms with Crippen molar-refractivity contribution < 1.29 is 9.90 Å². The zero-order valence-corrected chi connectivity index (χ0v) is 7.01. The maximum atomic E-state index is 10.6. The number of carbonyl (C=O) groups is 1. The molecule has 0 bridgehead atoms. The molecule has 0 aromatic heterocycles. The Labute approximate surface area is 75.1 Å². The summed E-state index contributed by atoms with van der Waals surface area (Å²) in [6, 6.07) is 6.11. The lowest BCUT2D eigenvalue weighted by molar-refractivity contribution is -0.106. The molecular formula is C9H7ClO2. The summed E-state index contributed by atoms with van der Waals surface area (Å²) in [5.41, 5.74) is 0.851. The lowest BCUT2D eigenvalue weighted by atomic mass is 10.1. The zero-order valence-electron chi connectivity index (χ0n) is 6.25. The molecule has 12 heavy (non-hydrogen) atoms. The van der Waals surface area contributed by atoms with Crippen molar-refractivity contribution in [3.8, 4) is 5.75 Å². The molecule has 0 fully saturated rings. The summed E-state index contributed by atoms with van der Waals surface area (Å²) in [6.45, 7) is 3.49. The molecule has 2 nitrogen and oxygen atoms in total. The Balaban J connectivity index is 2.98. The molecule has 0 aliphatic heterocycles. The van der Waals surface area contributed by atoms with Crippen LogP contribution in [0.5, 0.6) is 5.75 Å². The van der Waals surface area contributed by atoms with E-state index in [0.29, 0.717) is 5.56 Å². The molecule has 0 aliphatic rings. The van der Waals surface area contributed by atoms with Gasteiger partial charge >= 0.3 is 0 Å². The lowest BCUT2D eigenvalue weighted by Gasteiger charge is -1.99. The number of benzene rings is 1. The van der Waals surface area contributed by atoms with Gasteiger partial charge in [0.25, 0.3) is 5.24 Å². The number of allylic oxidation sites excluding steroid dienone is 1. The van der Waals surface area contributed by atoms with E-state index in [1.165, 1.54) is 12.1 Å². The van der Waals surface area contributed by atoms with Crippen molar-refractivity contribution in [1.29, 1.82) is 0 Å². The molecule has 0 saturated carbocycles. The van der Waals surface area contributed by atoms with Crippen molar-refractivity contribution in [3.63, 3.8) is 0 Å². The van der Waals surface area contributed by atoms with Gasteiger partial charge in [0, 0.05) is 5.57 Å². The van der Waals surface area contributed by atoms with Crippen molar-refractivity contribution >= 4 is 22.4 Å². The van der Waals surface area contributed by atoms with Crippen molar-refractivity contribution in [1.82, 2.24) is 0 Å². The third-order valence-electron chi connectivity index (χ3n) is 1.45. The minimum absolute atomic E-state index is 0.147. The Morgan fingerprint density at radius 1 is 1.33 bits per heavy atom. The minimum atomic E-state index is -0.583.